The molecule has 13 heterocycles. The highest BCUT2D eigenvalue weighted by molar-refractivity contribution is 8.08. The number of aryl methyl sites for hydroxylation is 5. The Labute approximate surface area is 839 Å². The number of hydrogen-bond donors (Lipinski definition) is 13. The molecule has 15 N–H and O–H groups in total. The van der Waals surface area contributed by atoms with Crippen molar-refractivity contribution in [3.05, 3.63) is 169 Å². The van der Waals surface area contributed by atoms with E-state index in [1.165, 1.54) is 80.2 Å². The summed E-state index contributed by atoms with van der Waals surface area (Å²) in [5.41, 5.74) is 3.26. The molecule has 6 fully saturated rings. The first-order valence-corrected chi connectivity index (χ1v) is 56.9. The lowest BCUT2D eigenvalue weighted by Gasteiger charge is -2.31. The number of imidazole rings is 1. The monoisotopic (exact) mass is 2230 g/mol. The Morgan fingerprint density at radius 3 is 1.03 bits per heavy atom. The Hall–Kier alpha value is -6.48. The second kappa shape index (κ2) is 49.7. The number of aromatic nitrogens is 14. The Bertz CT molecular complexity index is 6570. The molecule has 0 radical (unpaired) electrons. The molecule has 68 heteroatoms. The number of anilines is 2. The molecule has 0 aliphatic carbocycles. The van der Waals surface area contributed by atoms with Crippen LogP contribution in [-0.4, -0.2) is 335 Å². The zero-order valence-corrected chi connectivity index (χ0v) is 87.2. The summed E-state index contributed by atoms with van der Waals surface area (Å²) in [6.07, 6.45) is -28.9. The standard InChI is InChI=1S/C76H111N16O42P5S5/c1-12-40-41(23-47(124-40)87-25-36(3)61(94)83-73(87)100)130-135(104,140)120-30-43-50(55(115-19-14-110-8)67(126-43)89-26-37(4)62(95)84-74(89)101)132-138(107,143)123-33-46-53(58(118-22-17-113-11)70(129-46)92-34-79-48-60(92)81-71(78)82-65(48)98)134-139(108,144)122-32-45-52(57(117-21-16-112-10)69(128-45)91-28-39(6)64(97)86-76(91)103)133-137(106,142)121-31-44-51(56(116-20-15-111-9)68(127-44)90-27-38(5)63(96)85-75(90)102)131-136(105,141)119-29-42-49(93)54(114-18-13-109-7)66(125-42)88-24-35(2)59(77)80-72(88)99/h24-28,34,40-47,49-58,66-70,93H,12-23,29-33H2,1-11H3,(H,104,140)(H,105,141)(H,106,142)(H,107,143)(H,108,144)(H2,77,80,99)(H,83,94,100)(H,84,95,101)(H,85,96,102)(H,86,97,103)(H3,78,81,82,98)/t40-,41-,42-,43-,44-,45-,46-,47-,49+,50+,51+,52+,53+,54?,55?,56?,57?,58?,66-,67-,68-,69-,70-,135?,136?,137?,138?,139?/m1/s1. The summed E-state index contributed by atoms with van der Waals surface area (Å²) >= 11 is 28.8. The number of aliphatic hydroxyl groups excluding tert-OH is 1. The predicted octanol–water partition coefficient (Wildman–Crippen LogP) is -2.92. The van der Waals surface area contributed by atoms with Crippen molar-refractivity contribution in [2.24, 2.45) is 0 Å². The molecule has 6 saturated heterocycles. The van der Waals surface area contributed by atoms with E-state index in [0.717, 1.165) is 47.8 Å². The number of hydrogen-bond acceptors (Lipinski definition) is 47. The summed E-state index contributed by atoms with van der Waals surface area (Å²) in [5, 5.41) is 11.8. The minimum Gasteiger partial charge on any atom is -0.387 e. The van der Waals surface area contributed by atoms with Gasteiger partial charge in [-0.25, -0.2) is 29.0 Å². The summed E-state index contributed by atoms with van der Waals surface area (Å²) in [4.78, 5) is 219. The maximum atomic E-state index is 14.1. The highest BCUT2D eigenvalue weighted by Gasteiger charge is 2.58. The molecule has 0 bridgehead atoms. The van der Waals surface area contributed by atoms with Crippen LogP contribution in [0.3, 0.4) is 0 Å². The molecule has 28 atom stereocenters. The fraction of sp³-hybridized carbons (Fsp3) is 0.671. The van der Waals surface area contributed by atoms with Gasteiger partial charge in [-0.1, -0.05) is 6.92 Å². The van der Waals surface area contributed by atoms with E-state index in [2.05, 4.69) is 39.9 Å². The molecular formula is C76H111N16O42P5S5. The second-order valence-corrected chi connectivity index (χ2v) is 47.1. The molecule has 13 rings (SSSR count). The lowest BCUT2D eigenvalue weighted by molar-refractivity contribution is -0.0840. The van der Waals surface area contributed by atoms with Crippen molar-refractivity contribution in [1.29, 1.82) is 0 Å². The number of nitrogens with one attached hydrogen (secondary N) is 5. The van der Waals surface area contributed by atoms with E-state index >= 15 is 0 Å². The average molecular weight is 2240 g/mol. The molecule has 6 aliphatic heterocycles. The van der Waals surface area contributed by atoms with Gasteiger partial charge in [-0.2, -0.15) is 9.97 Å². The number of nitrogens with zero attached hydrogens (tertiary/aromatic N) is 9. The zero-order valence-electron chi connectivity index (χ0n) is 78.6. The molecule has 144 heavy (non-hydrogen) atoms. The van der Waals surface area contributed by atoms with Gasteiger partial charge < -0.3 is 144 Å². The van der Waals surface area contributed by atoms with E-state index in [4.69, 9.17) is 192 Å². The van der Waals surface area contributed by atoms with Crippen molar-refractivity contribution in [3.63, 3.8) is 0 Å². The van der Waals surface area contributed by atoms with Gasteiger partial charge in [-0.05, 0) is 100 Å². The van der Waals surface area contributed by atoms with Gasteiger partial charge >= 0.3 is 62.0 Å². The molecule has 7 aromatic heterocycles. The summed E-state index contributed by atoms with van der Waals surface area (Å²) in [5.74, 6) is -0.493. The van der Waals surface area contributed by atoms with E-state index in [1.807, 2.05) is 0 Å². The smallest absolute Gasteiger partial charge is 0.351 e. The van der Waals surface area contributed by atoms with E-state index in [0.29, 0.717) is 5.56 Å². The lowest BCUT2D eigenvalue weighted by atomic mass is 10.1. The number of fused-ring (bicyclic) bond motifs is 1. The number of nitrogen functional groups attached to an aromatic ring is 2. The predicted molar refractivity (Wildman–Crippen MR) is 514 cm³/mol. The summed E-state index contributed by atoms with van der Waals surface area (Å²) < 4.78 is 165. The van der Waals surface area contributed by atoms with Crippen LogP contribution in [0.4, 0.5) is 11.8 Å². The van der Waals surface area contributed by atoms with Crippen LogP contribution in [-0.2, 0) is 180 Å². The Morgan fingerprint density at radius 2 is 0.681 bits per heavy atom. The Balaban J connectivity index is 0.804. The number of aromatic amines is 5. The van der Waals surface area contributed by atoms with Gasteiger partial charge in [0.2, 0.25) is 5.95 Å². The topological polar surface area (TPSA) is 731 Å². The summed E-state index contributed by atoms with van der Waals surface area (Å²) in [7, 11) is 6.74. The van der Waals surface area contributed by atoms with Crippen LogP contribution in [0.15, 0.2) is 85.3 Å². The van der Waals surface area contributed by atoms with Crippen LogP contribution in [0.2, 0.25) is 0 Å². The molecule has 0 spiro atoms. The van der Waals surface area contributed by atoms with Crippen molar-refractivity contribution in [2.75, 3.05) is 146 Å². The molecule has 0 saturated carbocycles. The van der Waals surface area contributed by atoms with Crippen molar-refractivity contribution in [1.82, 2.24) is 67.3 Å². The van der Waals surface area contributed by atoms with Crippen molar-refractivity contribution < 1.29 is 151 Å². The maximum Gasteiger partial charge on any atom is 0.351 e. The molecule has 802 valence electrons. The number of nitrogens with two attached hydrogens (primary N) is 2. The minimum atomic E-state index is -5.11. The highest BCUT2D eigenvalue weighted by Crippen LogP contribution is 2.58. The highest BCUT2D eigenvalue weighted by atomic mass is 32.5. The van der Waals surface area contributed by atoms with Gasteiger partial charge in [0.05, 0.1) is 118 Å². The van der Waals surface area contributed by atoms with Gasteiger partial charge in [0.25, 0.3) is 27.8 Å². The van der Waals surface area contributed by atoms with E-state index < -0.39 is 270 Å². The van der Waals surface area contributed by atoms with Gasteiger partial charge in [0.15, 0.2) is 42.3 Å². The van der Waals surface area contributed by atoms with Crippen LogP contribution in [0, 0.1) is 34.6 Å². The van der Waals surface area contributed by atoms with Crippen LogP contribution in [0.25, 0.3) is 11.2 Å². The Morgan fingerprint density at radius 1 is 0.375 bits per heavy atom. The van der Waals surface area contributed by atoms with Crippen LogP contribution < -0.4 is 67.7 Å². The third-order valence-corrected chi connectivity index (χ3v) is 31.0. The zero-order chi connectivity index (χ0) is 105. The molecule has 0 aromatic carbocycles. The van der Waals surface area contributed by atoms with Crippen molar-refractivity contribution >= 4 is 116 Å². The molecule has 58 nitrogen and oxygen atoms in total. The fourth-order valence-electron chi connectivity index (χ4n) is 16.2. The fourth-order valence-corrected chi connectivity index (χ4v) is 23.5. The third-order valence-electron chi connectivity index (χ3n) is 23.2. The molecule has 10 unspecified atom stereocenters. The lowest BCUT2D eigenvalue weighted by Crippen LogP contribution is -2.42. The average Bonchev–Trinajstić information content (AvgIpc) is 1.60. The van der Waals surface area contributed by atoms with E-state index in [1.54, 1.807) is 13.8 Å². The number of H-pyrrole nitrogens is 5. The molecule has 7 aromatic rings. The first-order chi connectivity index (χ1) is 68.2. The summed E-state index contributed by atoms with van der Waals surface area (Å²) in [6, 6.07) is 0. The normalized spacial score (nSPS) is 29.2. The van der Waals surface area contributed by atoms with Gasteiger partial charge in [0, 0.05) is 101 Å². The third kappa shape index (κ3) is 27.9. The number of ether oxygens (including phenoxy) is 16. The summed E-state index contributed by atoms with van der Waals surface area (Å²) in [6.45, 7) is -22.3. The Kier molecular flexibility index (Phi) is 39.6. The first-order valence-electron chi connectivity index (χ1n) is 44.0. The molecular weight excluding hydrogens is 2120 g/mol. The van der Waals surface area contributed by atoms with Gasteiger partial charge in [-0.3, -0.25) is 94.4 Å². The molecule has 6 aliphatic rings. The quantitative estimate of drug-likeness (QED) is 0.0134. The van der Waals surface area contributed by atoms with Crippen LogP contribution in [0.1, 0.15) is 85.0 Å². The van der Waals surface area contributed by atoms with Crippen LogP contribution >= 0.6 is 33.6 Å². The second-order valence-electron chi connectivity index (χ2n) is 33.2. The number of methoxy groups -OCH3 is 5. The maximum absolute atomic E-state index is 14.1. The number of rotatable bonds is 52. The first kappa shape index (κ1) is 115. The molecule has 0 amide bonds. The van der Waals surface area contributed by atoms with Crippen LogP contribution in [0.5, 0.6) is 0 Å². The van der Waals surface area contributed by atoms with E-state index in [-0.39, 0.29) is 118 Å². The largest absolute Gasteiger partial charge is 0.387 e. The van der Waals surface area contributed by atoms with Crippen molar-refractivity contribution in [3.8, 4) is 0 Å². The van der Waals surface area contributed by atoms with Gasteiger partial charge in [0.1, 0.15) is 104 Å². The minimum absolute atomic E-state index is 0.000895. The van der Waals surface area contributed by atoms with E-state index in [9.17, 15) is 77.5 Å². The van der Waals surface area contributed by atoms with Gasteiger partial charge in [-0.15, -0.1) is 0 Å². The SMILES string of the molecule is CC[C@H]1O[C@@H](n2cc(C)c(=O)[nH]c2=O)C[C@H]1OP(O)(=S)OC[C@H]1O[C@@H](n2cc(C)c(=O)[nH]c2=O)C(OCCOC)[C@H]1OP(O)(=S)OC[C@H]1O[C@@H](n2cnc3c(=O)[nH]c(N)nc32)C(OCCOC)[C@H]1OP(O)(=S)OC[C@H]1O[C@@H](n2cc(C)c(=O)[nH]c2=O)C(OCCOC)[C@H]1OP(O)(=S)OC[C@H]1O[C@@H](n2cc(C)c(=O)[nH]c2=O)C(OCCOC)[C@H]1OP(O)(=S)OC[C@H]1O[C@@H](n2cc(C)c(N)nc2=O)C(OCCOC)[C@H]1O. The van der Waals surface area contributed by atoms with Crippen molar-refractivity contribution in [2.45, 2.75) is 196 Å². The number of aliphatic hydroxyl groups is 1.